The fourth-order valence-corrected chi connectivity index (χ4v) is 2.62. The van der Waals surface area contributed by atoms with Crippen LogP contribution in [0.25, 0.3) is 0 Å². The van der Waals surface area contributed by atoms with Crippen LogP contribution < -0.4 is 0 Å². The molecule has 3 rings (SSSR count). The number of fused-ring (bicyclic) bond motifs is 2. The van der Waals surface area contributed by atoms with Gasteiger partial charge in [-0.3, -0.25) is 9.69 Å². The van der Waals surface area contributed by atoms with Gasteiger partial charge < -0.3 is 9.47 Å². The third kappa shape index (κ3) is 2.32. The zero-order valence-corrected chi connectivity index (χ0v) is 10.2. The lowest BCUT2D eigenvalue weighted by atomic mass is 10.0. The normalized spacial score (nSPS) is 31.7. The highest BCUT2D eigenvalue weighted by atomic mass is 16.7. The van der Waals surface area contributed by atoms with Gasteiger partial charge in [0, 0.05) is 18.7 Å². The van der Waals surface area contributed by atoms with Crippen molar-refractivity contribution in [3.63, 3.8) is 0 Å². The number of hydrogen-bond acceptors (Lipinski definition) is 4. The SMILES string of the molecule is O=C(c1ccccc1)C1COCOC2CCN1C2. The van der Waals surface area contributed by atoms with E-state index in [4.69, 9.17) is 9.47 Å². The number of benzene rings is 1. The summed E-state index contributed by atoms with van der Waals surface area (Å²) < 4.78 is 11.0. The predicted molar refractivity (Wildman–Crippen MR) is 66.4 cm³/mol. The van der Waals surface area contributed by atoms with Crippen LogP contribution in [0.3, 0.4) is 0 Å². The van der Waals surface area contributed by atoms with E-state index in [0.717, 1.165) is 25.1 Å². The average Bonchev–Trinajstić information content (AvgIpc) is 2.87. The van der Waals surface area contributed by atoms with Crippen molar-refractivity contribution in [3.05, 3.63) is 35.9 Å². The molecule has 3 atom stereocenters. The Balaban J connectivity index is 1.79. The second kappa shape index (κ2) is 5.18. The molecule has 2 saturated heterocycles. The molecular formula is C14H17NO3. The van der Waals surface area contributed by atoms with Gasteiger partial charge >= 0.3 is 0 Å². The number of nitrogens with zero attached hydrogens (tertiary/aromatic N) is 1. The molecule has 0 N–H and O–H groups in total. The summed E-state index contributed by atoms with van der Waals surface area (Å²) >= 11 is 0. The predicted octanol–water partition coefficient (Wildman–Crippen LogP) is 1.32. The molecule has 1 aromatic rings. The molecule has 18 heavy (non-hydrogen) atoms. The minimum absolute atomic E-state index is 0.151. The Hall–Kier alpha value is -1.23. The number of Topliss-reactive ketones (excluding diaryl/α,β-unsaturated/α-hetero) is 1. The smallest absolute Gasteiger partial charge is 0.182 e. The van der Waals surface area contributed by atoms with Crippen LogP contribution in [-0.4, -0.2) is 49.3 Å². The number of hydrogen-bond donors (Lipinski definition) is 0. The fraction of sp³-hybridized carbons (Fsp3) is 0.500. The van der Waals surface area contributed by atoms with E-state index in [1.165, 1.54) is 0 Å². The van der Waals surface area contributed by atoms with Crippen molar-refractivity contribution in [3.8, 4) is 0 Å². The summed E-state index contributed by atoms with van der Waals surface area (Å²) in [5.74, 6) is 0.151. The topological polar surface area (TPSA) is 38.8 Å². The van der Waals surface area contributed by atoms with Gasteiger partial charge in [0.05, 0.1) is 18.8 Å². The van der Waals surface area contributed by atoms with Gasteiger partial charge in [0.25, 0.3) is 0 Å². The summed E-state index contributed by atoms with van der Waals surface area (Å²) in [6, 6.07) is 9.28. The van der Waals surface area contributed by atoms with Gasteiger partial charge in [0.1, 0.15) is 6.79 Å². The van der Waals surface area contributed by atoms with Crippen LogP contribution in [0.5, 0.6) is 0 Å². The first kappa shape index (κ1) is 11.8. The number of rotatable bonds is 2. The van der Waals surface area contributed by atoms with Gasteiger partial charge in [0.15, 0.2) is 5.78 Å². The minimum Gasteiger partial charge on any atom is -0.353 e. The second-order valence-corrected chi connectivity index (χ2v) is 4.81. The summed E-state index contributed by atoms with van der Waals surface area (Å²) in [7, 11) is 0. The summed E-state index contributed by atoms with van der Waals surface area (Å²) in [5.41, 5.74) is 0.760. The van der Waals surface area contributed by atoms with Crippen molar-refractivity contribution < 1.29 is 14.3 Å². The van der Waals surface area contributed by atoms with E-state index in [-0.39, 0.29) is 17.9 Å². The Morgan fingerprint density at radius 3 is 2.94 bits per heavy atom. The van der Waals surface area contributed by atoms with Crippen LogP contribution in [0.15, 0.2) is 30.3 Å². The molecule has 0 saturated carbocycles. The van der Waals surface area contributed by atoms with Crippen LogP contribution in [0.4, 0.5) is 0 Å². The first-order valence-electron chi connectivity index (χ1n) is 6.37. The van der Waals surface area contributed by atoms with Crippen molar-refractivity contribution in [2.24, 2.45) is 0 Å². The Morgan fingerprint density at radius 2 is 2.11 bits per heavy atom. The lowest BCUT2D eigenvalue weighted by Gasteiger charge is -2.28. The van der Waals surface area contributed by atoms with E-state index in [1.54, 1.807) is 0 Å². The van der Waals surface area contributed by atoms with Crippen molar-refractivity contribution >= 4 is 5.78 Å². The van der Waals surface area contributed by atoms with Gasteiger partial charge in [-0.15, -0.1) is 0 Å². The zero-order chi connectivity index (χ0) is 12.4. The molecule has 4 heteroatoms. The molecule has 0 amide bonds. The van der Waals surface area contributed by atoms with Gasteiger partial charge in [0.2, 0.25) is 0 Å². The number of carbonyl (C=O) groups excluding carboxylic acids is 1. The highest BCUT2D eigenvalue weighted by Crippen LogP contribution is 2.20. The molecule has 2 aliphatic rings. The molecule has 0 spiro atoms. The Labute approximate surface area is 106 Å². The standard InChI is InChI=1S/C14H17NO3/c16-14(11-4-2-1-3-5-11)13-9-17-10-18-12-6-7-15(13)8-12/h1-5,12-13H,6-10H2. The molecule has 0 radical (unpaired) electrons. The minimum atomic E-state index is -0.165. The van der Waals surface area contributed by atoms with E-state index >= 15 is 0 Å². The lowest BCUT2D eigenvalue weighted by molar-refractivity contribution is -0.107. The molecule has 96 valence electrons. The molecule has 2 bridgehead atoms. The van der Waals surface area contributed by atoms with Gasteiger partial charge in [-0.25, -0.2) is 0 Å². The third-order valence-corrected chi connectivity index (χ3v) is 3.64. The molecule has 2 aliphatic heterocycles. The first-order valence-corrected chi connectivity index (χ1v) is 6.37. The van der Waals surface area contributed by atoms with Crippen molar-refractivity contribution in [2.75, 3.05) is 26.5 Å². The Bertz CT molecular complexity index is 420. The van der Waals surface area contributed by atoms with Crippen molar-refractivity contribution in [1.29, 1.82) is 0 Å². The summed E-state index contributed by atoms with van der Waals surface area (Å²) in [4.78, 5) is 14.7. The van der Waals surface area contributed by atoms with Crippen LogP contribution in [-0.2, 0) is 9.47 Å². The number of ether oxygens (including phenoxy) is 2. The maximum Gasteiger partial charge on any atom is 0.182 e. The van der Waals surface area contributed by atoms with Crippen molar-refractivity contribution in [2.45, 2.75) is 18.6 Å². The molecule has 3 unspecified atom stereocenters. The highest BCUT2D eigenvalue weighted by Gasteiger charge is 2.35. The summed E-state index contributed by atoms with van der Waals surface area (Å²) in [5, 5.41) is 0. The maximum atomic E-state index is 12.5. The van der Waals surface area contributed by atoms with Crippen LogP contribution in [0.2, 0.25) is 0 Å². The first-order chi connectivity index (χ1) is 8.84. The molecule has 4 nitrogen and oxygen atoms in total. The van der Waals surface area contributed by atoms with Gasteiger partial charge in [-0.05, 0) is 6.42 Å². The van der Waals surface area contributed by atoms with Crippen molar-refractivity contribution in [1.82, 2.24) is 4.90 Å². The Morgan fingerprint density at radius 1 is 1.28 bits per heavy atom. The van der Waals surface area contributed by atoms with Crippen LogP contribution >= 0.6 is 0 Å². The fourth-order valence-electron chi connectivity index (χ4n) is 2.62. The molecule has 2 fully saturated rings. The third-order valence-electron chi connectivity index (χ3n) is 3.64. The van der Waals surface area contributed by atoms with Crippen LogP contribution in [0.1, 0.15) is 16.8 Å². The van der Waals surface area contributed by atoms with Gasteiger partial charge in [-0.2, -0.15) is 0 Å². The summed E-state index contributed by atoms with van der Waals surface area (Å²) in [6.45, 7) is 2.47. The average molecular weight is 247 g/mol. The van der Waals surface area contributed by atoms with E-state index in [1.807, 2.05) is 30.3 Å². The van der Waals surface area contributed by atoms with Gasteiger partial charge in [-0.1, -0.05) is 30.3 Å². The van der Waals surface area contributed by atoms with E-state index in [9.17, 15) is 4.79 Å². The Kier molecular flexibility index (Phi) is 3.41. The highest BCUT2D eigenvalue weighted by molar-refractivity contribution is 6.00. The number of carbonyl (C=O) groups is 1. The molecule has 0 aliphatic carbocycles. The van der Waals surface area contributed by atoms with E-state index < -0.39 is 0 Å². The van der Waals surface area contributed by atoms with E-state index in [2.05, 4.69) is 4.90 Å². The monoisotopic (exact) mass is 247 g/mol. The number of ketones is 1. The second-order valence-electron chi connectivity index (χ2n) is 4.81. The molecule has 2 heterocycles. The molecular weight excluding hydrogens is 230 g/mol. The van der Waals surface area contributed by atoms with E-state index in [0.29, 0.717) is 13.4 Å². The maximum absolute atomic E-state index is 12.5. The lowest BCUT2D eigenvalue weighted by Crippen LogP contribution is -2.45. The van der Waals surface area contributed by atoms with Crippen LogP contribution in [0, 0.1) is 0 Å². The molecule has 0 aromatic heterocycles. The summed E-state index contributed by atoms with van der Waals surface area (Å²) in [6.07, 6.45) is 1.21. The molecule has 1 aromatic carbocycles. The quantitative estimate of drug-likeness (QED) is 0.739. The largest absolute Gasteiger partial charge is 0.353 e. The zero-order valence-electron chi connectivity index (χ0n) is 10.2.